The molecule has 0 saturated carbocycles. The molecule has 0 bridgehead atoms. The van der Waals surface area contributed by atoms with Crippen LogP contribution in [-0.4, -0.2) is 41.5 Å². The molecular weight excluding hydrogens is 232 g/mol. The highest BCUT2D eigenvalue weighted by atomic mass is 16.6. The van der Waals surface area contributed by atoms with Gasteiger partial charge in [0.05, 0.1) is 31.9 Å². The van der Waals surface area contributed by atoms with Crippen molar-refractivity contribution in [2.75, 3.05) is 19.8 Å². The molecule has 0 N–H and O–H groups in total. The molecule has 5 heteroatoms. The Labute approximate surface area is 107 Å². The third-order valence-corrected chi connectivity index (χ3v) is 3.11. The number of hydrogen-bond acceptors (Lipinski definition) is 4. The predicted octanol–water partition coefficient (Wildman–Crippen LogP) is 0.992. The molecule has 2 heterocycles. The number of Topliss-reactive ketones (excluding diaryl/α,β-unsaturated/α-hetero) is 1. The molecule has 1 aromatic rings. The van der Waals surface area contributed by atoms with Crippen molar-refractivity contribution in [3.8, 4) is 0 Å². The Morgan fingerprint density at radius 2 is 2.33 bits per heavy atom. The maximum absolute atomic E-state index is 12.1. The van der Waals surface area contributed by atoms with E-state index in [2.05, 4.69) is 12.0 Å². The Morgan fingerprint density at radius 1 is 1.50 bits per heavy atom. The van der Waals surface area contributed by atoms with Gasteiger partial charge in [0.15, 0.2) is 5.78 Å². The monoisotopic (exact) mass is 252 g/mol. The van der Waals surface area contributed by atoms with Crippen LogP contribution in [0, 0.1) is 0 Å². The summed E-state index contributed by atoms with van der Waals surface area (Å²) in [6.45, 7) is 6.33. The summed E-state index contributed by atoms with van der Waals surface area (Å²) in [6.07, 6.45) is 0.843. The molecule has 0 spiro atoms. The van der Waals surface area contributed by atoms with Crippen LogP contribution in [0.3, 0.4) is 0 Å². The number of ether oxygens (including phenoxy) is 2. The van der Waals surface area contributed by atoms with E-state index in [4.69, 9.17) is 9.47 Å². The fourth-order valence-electron chi connectivity index (χ4n) is 2.07. The zero-order valence-corrected chi connectivity index (χ0v) is 11.0. The fraction of sp³-hybridized carbons (Fsp3) is 0.692. The number of ketones is 1. The van der Waals surface area contributed by atoms with Gasteiger partial charge in [-0.3, -0.25) is 9.48 Å². The maximum atomic E-state index is 12.1. The van der Waals surface area contributed by atoms with Crippen LogP contribution in [0.1, 0.15) is 25.2 Å². The van der Waals surface area contributed by atoms with Gasteiger partial charge in [0.25, 0.3) is 0 Å². The van der Waals surface area contributed by atoms with Crippen LogP contribution >= 0.6 is 0 Å². The van der Waals surface area contributed by atoms with E-state index in [-0.39, 0.29) is 5.78 Å². The molecule has 1 atom stereocenters. The first-order valence-electron chi connectivity index (χ1n) is 6.52. The smallest absolute Gasteiger partial charge is 0.169 e. The fourth-order valence-corrected chi connectivity index (χ4v) is 2.07. The van der Waals surface area contributed by atoms with Crippen LogP contribution in [0.4, 0.5) is 0 Å². The minimum absolute atomic E-state index is 0.0759. The van der Waals surface area contributed by atoms with Crippen molar-refractivity contribution in [1.29, 1.82) is 0 Å². The first-order valence-corrected chi connectivity index (χ1v) is 6.52. The minimum Gasteiger partial charge on any atom is -0.376 e. The van der Waals surface area contributed by atoms with Gasteiger partial charge in [0, 0.05) is 12.2 Å². The van der Waals surface area contributed by atoms with Gasteiger partial charge in [-0.2, -0.15) is 5.10 Å². The van der Waals surface area contributed by atoms with Crippen molar-refractivity contribution in [3.05, 3.63) is 17.5 Å². The van der Waals surface area contributed by atoms with Gasteiger partial charge in [-0.25, -0.2) is 0 Å². The van der Waals surface area contributed by atoms with E-state index in [0.717, 1.165) is 24.4 Å². The van der Waals surface area contributed by atoms with E-state index in [0.29, 0.717) is 26.2 Å². The molecule has 1 aliphatic heterocycles. The van der Waals surface area contributed by atoms with Gasteiger partial charge in [0.1, 0.15) is 6.10 Å². The molecule has 1 aromatic heterocycles. The summed E-state index contributed by atoms with van der Waals surface area (Å²) in [5, 5.41) is 4.44. The summed E-state index contributed by atoms with van der Waals surface area (Å²) in [5.41, 5.74) is 1.99. The second-order valence-electron chi connectivity index (χ2n) is 4.37. The van der Waals surface area contributed by atoms with Gasteiger partial charge in [-0.15, -0.1) is 0 Å². The summed E-state index contributed by atoms with van der Waals surface area (Å²) in [4.78, 5) is 12.1. The summed E-state index contributed by atoms with van der Waals surface area (Å²) in [7, 11) is 0. The predicted molar refractivity (Wildman–Crippen MR) is 66.5 cm³/mol. The molecule has 0 aromatic carbocycles. The van der Waals surface area contributed by atoms with E-state index in [9.17, 15) is 4.79 Å². The SMILES string of the molecule is CCc1cc(CC(=O)C2COCCO2)n(CC)n1. The normalized spacial score (nSPS) is 20.0. The quantitative estimate of drug-likeness (QED) is 0.784. The van der Waals surface area contributed by atoms with Crippen LogP contribution in [0.5, 0.6) is 0 Å². The van der Waals surface area contributed by atoms with Crippen molar-refractivity contribution in [2.45, 2.75) is 39.3 Å². The molecule has 2 rings (SSSR count). The first-order chi connectivity index (χ1) is 8.74. The number of aromatic nitrogens is 2. The number of carbonyl (C=O) groups excluding carboxylic acids is 1. The lowest BCUT2D eigenvalue weighted by Crippen LogP contribution is -2.36. The molecule has 1 unspecified atom stereocenters. The van der Waals surface area contributed by atoms with Crippen molar-refractivity contribution >= 4 is 5.78 Å². The van der Waals surface area contributed by atoms with E-state index in [1.54, 1.807) is 0 Å². The zero-order valence-electron chi connectivity index (χ0n) is 11.0. The summed E-state index contributed by atoms with van der Waals surface area (Å²) in [5.74, 6) is 0.0759. The summed E-state index contributed by atoms with van der Waals surface area (Å²) in [6, 6.07) is 2.01. The summed E-state index contributed by atoms with van der Waals surface area (Å²) >= 11 is 0. The van der Waals surface area contributed by atoms with Gasteiger partial charge in [-0.1, -0.05) is 6.92 Å². The van der Waals surface area contributed by atoms with Crippen LogP contribution in [-0.2, 0) is 33.7 Å². The Balaban J connectivity index is 2.03. The first kappa shape index (κ1) is 13.2. The lowest BCUT2D eigenvalue weighted by molar-refractivity contribution is -0.144. The summed E-state index contributed by atoms with van der Waals surface area (Å²) < 4.78 is 12.6. The lowest BCUT2D eigenvalue weighted by Gasteiger charge is -2.21. The topological polar surface area (TPSA) is 53.4 Å². The van der Waals surface area contributed by atoms with Gasteiger partial charge in [-0.05, 0) is 19.4 Å². The molecule has 1 fully saturated rings. The standard InChI is InChI=1S/C13H20N2O3/c1-3-10-7-11(15(4-2)14-10)8-12(16)13-9-17-5-6-18-13/h7,13H,3-6,8-9H2,1-2H3. The van der Waals surface area contributed by atoms with Crippen LogP contribution in [0.2, 0.25) is 0 Å². The molecule has 0 amide bonds. The molecule has 5 nitrogen and oxygen atoms in total. The van der Waals surface area contributed by atoms with Crippen LogP contribution in [0.25, 0.3) is 0 Å². The average molecular weight is 252 g/mol. The Morgan fingerprint density at radius 3 is 2.94 bits per heavy atom. The number of hydrogen-bond donors (Lipinski definition) is 0. The molecule has 1 aliphatic rings. The van der Waals surface area contributed by atoms with Crippen LogP contribution in [0.15, 0.2) is 6.07 Å². The molecular formula is C13H20N2O3. The third kappa shape index (κ3) is 2.97. The second kappa shape index (κ2) is 6.11. The van der Waals surface area contributed by atoms with Crippen molar-refractivity contribution in [3.63, 3.8) is 0 Å². The largest absolute Gasteiger partial charge is 0.376 e. The number of rotatable bonds is 5. The van der Waals surface area contributed by atoms with Crippen molar-refractivity contribution in [1.82, 2.24) is 9.78 Å². The highest BCUT2D eigenvalue weighted by Crippen LogP contribution is 2.10. The molecule has 18 heavy (non-hydrogen) atoms. The molecule has 0 aliphatic carbocycles. The van der Waals surface area contributed by atoms with E-state index >= 15 is 0 Å². The van der Waals surface area contributed by atoms with Crippen molar-refractivity contribution in [2.24, 2.45) is 0 Å². The van der Waals surface area contributed by atoms with Crippen LogP contribution < -0.4 is 0 Å². The Kier molecular flexibility index (Phi) is 4.49. The number of carbonyl (C=O) groups is 1. The van der Waals surface area contributed by atoms with Gasteiger partial charge in [0.2, 0.25) is 0 Å². The zero-order chi connectivity index (χ0) is 13.0. The number of nitrogens with zero attached hydrogens (tertiary/aromatic N) is 2. The number of aryl methyl sites for hydroxylation is 2. The minimum atomic E-state index is -0.413. The van der Waals surface area contributed by atoms with E-state index in [1.807, 2.05) is 17.7 Å². The van der Waals surface area contributed by atoms with E-state index in [1.165, 1.54) is 0 Å². The van der Waals surface area contributed by atoms with Gasteiger partial charge < -0.3 is 9.47 Å². The highest BCUT2D eigenvalue weighted by Gasteiger charge is 2.23. The maximum Gasteiger partial charge on any atom is 0.169 e. The Hall–Kier alpha value is -1.20. The van der Waals surface area contributed by atoms with E-state index < -0.39 is 6.10 Å². The average Bonchev–Trinajstić information content (AvgIpc) is 2.82. The highest BCUT2D eigenvalue weighted by molar-refractivity contribution is 5.85. The lowest BCUT2D eigenvalue weighted by atomic mass is 10.1. The Bertz CT molecular complexity index is 408. The third-order valence-electron chi connectivity index (χ3n) is 3.11. The molecule has 0 radical (unpaired) electrons. The second-order valence-corrected chi connectivity index (χ2v) is 4.37. The van der Waals surface area contributed by atoms with Gasteiger partial charge >= 0.3 is 0 Å². The van der Waals surface area contributed by atoms with Crippen molar-refractivity contribution < 1.29 is 14.3 Å². The molecule has 100 valence electrons. The molecule has 1 saturated heterocycles.